The maximum atomic E-state index is 12.6. The lowest BCUT2D eigenvalue weighted by Gasteiger charge is -2.49. The Morgan fingerprint density at radius 2 is 1.80 bits per heavy atom. The average Bonchev–Trinajstić information content (AvgIpc) is 2.42. The second kappa shape index (κ2) is 4.60. The Hall–Kier alpha value is -1.87. The Balaban J connectivity index is 1.88. The first kappa shape index (κ1) is 13.1. The molecule has 0 unspecified atom stereocenters. The summed E-state index contributed by atoms with van der Waals surface area (Å²) in [6.07, 6.45) is 0. The molecule has 0 spiro atoms. The number of benzene rings is 2. The molecule has 2 aromatic carbocycles. The number of rotatable bonds is 2. The Labute approximate surface area is 118 Å². The first-order valence-electron chi connectivity index (χ1n) is 7.01. The monoisotopic (exact) mass is 269 g/mol. The van der Waals surface area contributed by atoms with Crippen LogP contribution in [0, 0.1) is 5.92 Å². The van der Waals surface area contributed by atoms with Crippen molar-refractivity contribution in [2.75, 3.05) is 13.1 Å². The normalized spacial score (nSPS) is 17.3. The van der Waals surface area contributed by atoms with Gasteiger partial charge in [0.1, 0.15) is 5.60 Å². The van der Waals surface area contributed by atoms with Gasteiger partial charge >= 0.3 is 0 Å². The van der Waals surface area contributed by atoms with Gasteiger partial charge in [-0.1, -0.05) is 50.2 Å². The van der Waals surface area contributed by atoms with Crippen LogP contribution in [-0.4, -0.2) is 34.6 Å². The molecule has 20 heavy (non-hydrogen) atoms. The minimum Gasteiger partial charge on any atom is -0.386 e. The van der Waals surface area contributed by atoms with Gasteiger partial charge in [-0.15, -0.1) is 0 Å². The molecule has 0 aliphatic carbocycles. The summed E-state index contributed by atoms with van der Waals surface area (Å²) in [5.41, 5.74) is -0.00540. The third-order valence-corrected chi connectivity index (χ3v) is 4.31. The van der Waals surface area contributed by atoms with E-state index in [1.54, 1.807) is 4.90 Å². The molecule has 3 heteroatoms. The summed E-state index contributed by atoms with van der Waals surface area (Å²) < 4.78 is 0. The van der Waals surface area contributed by atoms with Gasteiger partial charge in [-0.25, -0.2) is 0 Å². The van der Waals surface area contributed by atoms with Crippen LogP contribution in [0.1, 0.15) is 24.2 Å². The van der Waals surface area contributed by atoms with Crippen molar-refractivity contribution >= 4 is 16.7 Å². The fourth-order valence-corrected chi connectivity index (χ4v) is 2.71. The number of amides is 1. The molecule has 0 atom stereocenters. The zero-order valence-corrected chi connectivity index (χ0v) is 11.8. The summed E-state index contributed by atoms with van der Waals surface area (Å²) in [4.78, 5) is 14.3. The zero-order valence-electron chi connectivity index (χ0n) is 11.8. The van der Waals surface area contributed by atoms with Gasteiger partial charge in [-0.2, -0.15) is 0 Å². The molecular weight excluding hydrogens is 250 g/mol. The Morgan fingerprint density at radius 3 is 2.50 bits per heavy atom. The molecule has 2 aromatic rings. The number of β-amino-alcohol motifs (C(OH)–C–C–N with tert-alkyl or cyclic N) is 1. The van der Waals surface area contributed by atoms with E-state index < -0.39 is 5.60 Å². The average molecular weight is 269 g/mol. The van der Waals surface area contributed by atoms with Gasteiger partial charge in [0.05, 0.1) is 13.1 Å². The number of carbonyl (C=O) groups excluding carboxylic acids is 1. The van der Waals surface area contributed by atoms with Crippen LogP contribution in [0.3, 0.4) is 0 Å². The van der Waals surface area contributed by atoms with E-state index in [0.717, 1.165) is 10.8 Å². The van der Waals surface area contributed by atoms with E-state index >= 15 is 0 Å². The van der Waals surface area contributed by atoms with Gasteiger partial charge in [-0.05, 0) is 22.8 Å². The summed E-state index contributed by atoms with van der Waals surface area (Å²) in [6.45, 7) is 4.82. The Kier molecular flexibility index (Phi) is 3.02. The van der Waals surface area contributed by atoms with Crippen LogP contribution in [0.5, 0.6) is 0 Å². The Bertz CT molecular complexity index is 652. The van der Waals surface area contributed by atoms with Gasteiger partial charge in [0, 0.05) is 5.56 Å². The lowest BCUT2D eigenvalue weighted by molar-refractivity contribution is -0.110. The predicted octanol–water partition coefficient (Wildman–Crippen LogP) is 2.68. The molecule has 1 heterocycles. The maximum Gasteiger partial charge on any atom is 0.254 e. The molecule has 1 aliphatic rings. The maximum absolute atomic E-state index is 12.6. The molecule has 1 saturated heterocycles. The van der Waals surface area contributed by atoms with Crippen molar-refractivity contribution in [1.29, 1.82) is 0 Å². The lowest BCUT2D eigenvalue weighted by atomic mass is 9.82. The van der Waals surface area contributed by atoms with Gasteiger partial charge in [-0.3, -0.25) is 4.79 Å². The zero-order chi connectivity index (χ0) is 14.3. The molecule has 104 valence electrons. The molecule has 3 nitrogen and oxygen atoms in total. The van der Waals surface area contributed by atoms with E-state index in [2.05, 4.69) is 0 Å². The Morgan fingerprint density at radius 1 is 1.15 bits per heavy atom. The van der Waals surface area contributed by atoms with Crippen molar-refractivity contribution in [3.8, 4) is 0 Å². The van der Waals surface area contributed by atoms with E-state index in [9.17, 15) is 9.90 Å². The molecule has 0 radical (unpaired) electrons. The standard InChI is InChI=1S/C17H19NO2/c1-12(2)17(20)10-18(11-17)16(19)15-9-5-7-13-6-3-4-8-14(13)15/h3-9,12,20H,10-11H2,1-2H3. The number of nitrogens with zero attached hydrogens (tertiary/aromatic N) is 1. The highest BCUT2D eigenvalue weighted by atomic mass is 16.3. The van der Waals surface area contributed by atoms with Crippen LogP contribution < -0.4 is 0 Å². The fourth-order valence-electron chi connectivity index (χ4n) is 2.71. The minimum absolute atomic E-state index is 0.00660. The van der Waals surface area contributed by atoms with Gasteiger partial charge < -0.3 is 10.0 Å². The van der Waals surface area contributed by atoms with Crippen LogP contribution >= 0.6 is 0 Å². The highest BCUT2D eigenvalue weighted by Crippen LogP contribution is 2.31. The molecule has 0 aromatic heterocycles. The lowest BCUT2D eigenvalue weighted by Crippen LogP contribution is -2.65. The number of likely N-dealkylation sites (tertiary alicyclic amines) is 1. The predicted molar refractivity (Wildman–Crippen MR) is 79.6 cm³/mol. The van der Waals surface area contributed by atoms with Gasteiger partial charge in [0.25, 0.3) is 5.91 Å². The van der Waals surface area contributed by atoms with Crippen molar-refractivity contribution in [3.63, 3.8) is 0 Å². The number of hydrogen-bond acceptors (Lipinski definition) is 2. The van der Waals surface area contributed by atoms with Crippen LogP contribution in [0.15, 0.2) is 42.5 Å². The smallest absolute Gasteiger partial charge is 0.254 e. The first-order valence-corrected chi connectivity index (χ1v) is 7.01. The topological polar surface area (TPSA) is 40.5 Å². The van der Waals surface area contributed by atoms with Crippen molar-refractivity contribution in [2.45, 2.75) is 19.4 Å². The molecule has 1 fully saturated rings. The minimum atomic E-state index is -0.722. The van der Waals surface area contributed by atoms with E-state index in [1.807, 2.05) is 56.3 Å². The van der Waals surface area contributed by atoms with Gasteiger partial charge in [0.2, 0.25) is 0 Å². The van der Waals surface area contributed by atoms with Crippen molar-refractivity contribution < 1.29 is 9.90 Å². The second-order valence-electron chi connectivity index (χ2n) is 5.95. The molecule has 0 saturated carbocycles. The molecule has 1 amide bonds. The van der Waals surface area contributed by atoms with E-state index in [0.29, 0.717) is 18.7 Å². The molecule has 3 rings (SSSR count). The van der Waals surface area contributed by atoms with Crippen LogP contribution in [0.25, 0.3) is 10.8 Å². The number of carbonyl (C=O) groups is 1. The number of fused-ring (bicyclic) bond motifs is 1. The van der Waals surface area contributed by atoms with E-state index in [4.69, 9.17) is 0 Å². The van der Waals surface area contributed by atoms with Crippen molar-refractivity contribution in [2.24, 2.45) is 5.92 Å². The van der Waals surface area contributed by atoms with Crippen LogP contribution in [-0.2, 0) is 0 Å². The second-order valence-corrected chi connectivity index (χ2v) is 5.95. The summed E-state index contributed by atoms with van der Waals surface area (Å²) >= 11 is 0. The molecule has 1 N–H and O–H groups in total. The summed E-state index contributed by atoms with van der Waals surface area (Å²) in [7, 11) is 0. The van der Waals surface area contributed by atoms with Crippen LogP contribution in [0.4, 0.5) is 0 Å². The first-order chi connectivity index (χ1) is 9.51. The highest BCUT2D eigenvalue weighted by Gasteiger charge is 2.46. The van der Waals surface area contributed by atoms with Crippen LogP contribution in [0.2, 0.25) is 0 Å². The summed E-state index contributed by atoms with van der Waals surface area (Å²) in [5, 5.41) is 12.3. The van der Waals surface area contributed by atoms with E-state index in [-0.39, 0.29) is 11.8 Å². The molecule has 1 aliphatic heterocycles. The fraction of sp³-hybridized carbons (Fsp3) is 0.353. The molecular formula is C17H19NO2. The van der Waals surface area contributed by atoms with E-state index in [1.165, 1.54) is 0 Å². The highest BCUT2D eigenvalue weighted by molar-refractivity contribution is 6.07. The number of hydrogen-bond donors (Lipinski definition) is 1. The quantitative estimate of drug-likeness (QED) is 0.910. The largest absolute Gasteiger partial charge is 0.386 e. The molecule has 0 bridgehead atoms. The van der Waals surface area contributed by atoms with Crippen molar-refractivity contribution in [1.82, 2.24) is 4.90 Å². The van der Waals surface area contributed by atoms with Crippen molar-refractivity contribution in [3.05, 3.63) is 48.0 Å². The van der Waals surface area contributed by atoms with Gasteiger partial charge in [0.15, 0.2) is 0 Å². The third kappa shape index (κ3) is 1.98. The summed E-state index contributed by atoms with van der Waals surface area (Å²) in [6, 6.07) is 13.7. The number of aliphatic hydroxyl groups is 1. The third-order valence-electron chi connectivity index (χ3n) is 4.31. The summed E-state index contributed by atoms with van der Waals surface area (Å²) in [5.74, 6) is 0.172. The SMILES string of the molecule is CC(C)C1(O)CN(C(=O)c2cccc3ccccc23)C1.